The molecule has 0 aliphatic carbocycles. The summed E-state index contributed by atoms with van der Waals surface area (Å²) in [6.07, 6.45) is 0. The van der Waals surface area contributed by atoms with E-state index in [2.05, 4.69) is 5.32 Å². The summed E-state index contributed by atoms with van der Waals surface area (Å²) >= 11 is 0.454. The van der Waals surface area contributed by atoms with E-state index in [0.29, 0.717) is 22.3 Å². The van der Waals surface area contributed by atoms with Crippen LogP contribution in [-0.2, 0) is 9.59 Å². The third-order valence-electron chi connectivity index (χ3n) is 2.78. The predicted molar refractivity (Wildman–Crippen MR) is 82.2 cm³/mol. The van der Waals surface area contributed by atoms with Crippen LogP contribution < -0.4 is 10.2 Å². The molecule has 22 heavy (non-hydrogen) atoms. The molecule has 1 aromatic rings. The number of nitrogens with one attached hydrogen (secondary N) is 2. The molecule has 1 rings (SSSR count). The number of benzene rings is 1. The van der Waals surface area contributed by atoms with Crippen molar-refractivity contribution in [1.29, 1.82) is 0 Å². The molecule has 5 nitrogen and oxygen atoms in total. The van der Waals surface area contributed by atoms with Crippen molar-refractivity contribution in [2.45, 2.75) is 10.7 Å². The SMILES string of the molecule is CN(C)C(=O)C[NH+](C)CC(=O)Nc1ccc(SC(F)F)cc1. The van der Waals surface area contributed by atoms with Gasteiger partial charge >= 0.3 is 0 Å². The van der Waals surface area contributed by atoms with Gasteiger partial charge in [-0.1, -0.05) is 11.8 Å². The van der Waals surface area contributed by atoms with Crippen molar-refractivity contribution < 1.29 is 23.3 Å². The minimum atomic E-state index is -2.47. The quantitative estimate of drug-likeness (QED) is 0.717. The summed E-state index contributed by atoms with van der Waals surface area (Å²) in [5.74, 6) is -2.76. The number of likely N-dealkylation sites (N-methyl/N-ethyl adjacent to an activating group) is 2. The first kappa shape index (κ1) is 18.4. The maximum absolute atomic E-state index is 12.2. The molecule has 2 N–H and O–H groups in total. The predicted octanol–water partition coefficient (Wildman–Crippen LogP) is 0.543. The standard InChI is InChI=1S/C14H19F2N3O2S/c1-18(2)13(21)9-19(3)8-12(20)17-10-4-6-11(7-5-10)22-14(15)16/h4-7,14H,8-9H2,1-3H3,(H,17,20)/p+1. The Hall–Kier alpha value is -1.67. The highest BCUT2D eigenvalue weighted by molar-refractivity contribution is 7.99. The molecule has 0 heterocycles. The topological polar surface area (TPSA) is 53.9 Å². The summed E-state index contributed by atoms with van der Waals surface area (Å²) in [7, 11) is 5.08. The van der Waals surface area contributed by atoms with Crippen LogP contribution in [0.1, 0.15) is 0 Å². The number of carbonyl (C=O) groups is 2. The normalized spacial score (nSPS) is 12.1. The van der Waals surface area contributed by atoms with Crippen LogP contribution in [0.4, 0.5) is 14.5 Å². The Morgan fingerprint density at radius 3 is 2.32 bits per heavy atom. The van der Waals surface area contributed by atoms with Crippen LogP contribution in [0.5, 0.6) is 0 Å². The van der Waals surface area contributed by atoms with Crippen LogP contribution >= 0.6 is 11.8 Å². The zero-order chi connectivity index (χ0) is 16.7. The van der Waals surface area contributed by atoms with E-state index in [0.717, 1.165) is 4.90 Å². The molecule has 122 valence electrons. The van der Waals surface area contributed by atoms with E-state index in [1.807, 2.05) is 0 Å². The lowest BCUT2D eigenvalue weighted by Crippen LogP contribution is -3.11. The lowest BCUT2D eigenvalue weighted by molar-refractivity contribution is -0.862. The number of halogens is 2. The van der Waals surface area contributed by atoms with E-state index in [9.17, 15) is 18.4 Å². The lowest BCUT2D eigenvalue weighted by Gasteiger charge is -2.16. The molecule has 1 unspecified atom stereocenters. The van der Waals surface area contributed by atoms with Gasteiger partial charge in [-0.2, -0.15) is 8.78 Å². The van der Waals surface area contributed by atoms with E-state index in [4.69, 9.17) is 0 Å². The van der Waals surface area contributed by atoms with Crippen molar-refractivity contribution in [2.75, 3.05) is 39.5 Å². The molecule has 0 saturated heterocycles. The van der Waals surface area contributed by atoms with Crippen LogP contribution in [0.3, 0.4) is 0 Å². The first-order chi connectivity index (χ1) is 10.3. The zero-order valence-electron chi connectivity index (χ0n) is 12.7. The second-order valence-corrected chi connectivity index (χ2v) is 6.11. The number of thioether (sulfide) groups is 1. The molecule has 0 spiro atoms. The van der Waals surface area contributed by atoms with Crippen LogP contribution in [0.2, 0.25) is 0 Å². The number of rotatable bonds is 7. The van der Waals surface area contributed by atoms with E-state index in [-0.39, 0.29) is 24.9 Å². The zero-order valence-corrected chi connectivity index (χ0v) is 13.5. The lowest BCUT2D eigenvalue weighted by atomic mass is 10.3. The Kier molecular flexibility index (Phi) is 7.26. The van der Waals surface area contributed by atoms with Crippen molar-refractivity contribution in [2.24, 2.45) is 0 Å². The number of amides is 2. The fourth-order valence-electron chi connectivity index (χ4n) is 1.68. The Labute approximate surface area is 132 Å². The van der Waals surface area contributed by atoms with Gasteiger partial charge in [-0.05, 0) is 24.3 Å². The maximum atomic E-state index is 12.2. The molecule has 0 radical (unpaired) electrons. The number of carbonyl (C=O) groups excluding carboxylic acids is 2. The summed E-state index contributed by atoms with van der Waals surface area (Å²) in [5.41, 5.74) is 0.537. The average molecular weight is 332 g/mol. The number of quaternary nitrogens is 1. The molecular formula is C14H20F2N3O2S+. The summed E-state index contributed by atoms with van der Waals surface area (Å²) in [5, 5.41) is 2.67. The first-order valence-corrected chi connectivity index (χ1v) is 7.52. The van der Waals surface area contributed by atoms with Crippen molar-refractivity contribution in [3.8, 4) is 0 Å². The highest BCUT2D eigenvalue weighted by Gasteiger charge is 2.15. The second-order valence-electron chi connectivity index (χ2n) is 5.05. The van der Waals surface area contributed by atoms with Gasteiger partial charge in [0, 0.05) is 24.7 Å². The smallest absolute Gasteiger partial charge is 0.288 e. The average Bonchev–Trinajstić information content (AvgIpc) is 2.39. The molecular weight excluding hydrogens is 312 g/mol. The van der Waals surface area contributed by atoms with Crippen LogP contribution in [0.15, 0.2) is 29.2 Å². The van der Waals surface area contributed by atoms with Crippen molar-refractivity contribution in [3.63, 3.8) is 0 Å². The van der Waals surface area contributed by atoms with Crippen LogP contribution in [-0.4, -0.2) is 56.7 Å². The molecule has 0 aromatic heterocycles. The second kappa shape index (κ2) is 8.70. The molecule has 0 aliphatic heterocycles. The van der Waals surface area contributed by atoms with Gasteiger partial charge in [0.05, 0.1) is 7.05 Å². The van der Waals surface area contributed by atoms with Crippen LogP contribution in [0, 0.1) is 0 Å². The molecule has 8 heteroatoms. The number of alkyl halides is 2. The summed E-state index contributed by atoms with van der Waals surface area (Å²) < 4.78 is 24.4. The number of nitrogens with zero attached hydrogens (tertiary/aromatic N) is 1. The van der Waals surface area contributed by atoms with Gasteiger partial charge in [0.1, 0.15) is 0 Å². The highest BCUT2D eigenvalue weighted by Crippen LogP contribution is 2.25. The van der Waals surface area contributed by atoms with Gasteiger partial charge in [-0.15, -0.1) is 0 Å². The number of hydrogen-bond donors (Lipinski definition) is 2. The Balaban J connectivity index is 2.46. The fraction of sp³-hybridized carbons (Fsp3) is 0.429. The summed E-state index contributed by atoms with van der Waals surface area (Å²) in [6, 6.07) is 6.20. The minimum Gasteiger partial charge on any atom is -0.344 e. The Bertz CT molecular complexity index is 509. The summed E-state index contributed by atoms with van der Waals surface area (Å²) in [6.45, 7) is 0.373. The molecule has 0 bridgehead atoms. The third kappa shape index (κ3) is 6.86. The van der Waals surface area contributed by atoms with E-state index >= 15 is 0 Å². The third-order valence-corrected chi connectivity index (χ3v) is 3.50. The number of hydrogen-bond acceptors (Lipinski definition) is 3. The fourth-order valence-corrected chi connectivity index (χ4v) is 2.18. The molecule has 1 aromatic carbocycles. The molecule has 0 fully saturated rings. The maximum Gasteiger partial charge on any atom is 0.288 e. The van der Waals surface area contributed by atoms with Gasteiger partial charge in [-0.3, -0.25) is 9.59 Å². The molecule has 0 aliphatic rings. The number of anilines is 1. The van der Waals surface area contributed by atoms with Crippen molar-refractivity contribution in [3.05, 3.63) is 24.3 Å². The van der Waals surface area contributed by atoms with Crippen LogP contribution in [0.25, 0.3) is 0 Å². The van der Waals surface area contributed by atoms with Gasteiger partial charge in [0.2, 0.25) is 0 Å². The van der Waals surface area contributed by atoms with Gasteiger partial charge in [-0.25, -0.2) is 0 Å². The largest absolute Gasteiger partial charge is 0.344 e. The van der Waals surface area contributed by atoms with E-state index in [1.165, 1.54) is 17.0 Å². The highest BCUT2D eigenvalue weighted by atomic mass is 32.2. The van der Waals surface area contributed by atoms with Crippen molar-refractivity contribution >= 4 is 29.3 Å². The van der Waals surface area contributed by atoms with E-state index in [1.54, 1.807) is 33.3 Å². The minimum absolute atomic E-state index is 0.0568. The molecule has 0 saturated carbocycles. The first-order valence-electron chi connectivity index (χ1n) is 6.64. The molecule has 2 amide bonds. The van der Waals surface area contributed by atoms with Crippen molar-refractivity contribution in [1.82, 2.24) is 4.90 Å². The Morgan fingerprint density at radius 2 is 1.82 bits per heavy atom. The van der Waals surface area contributed by atoms with E-state index < -0.39 is 5.76 Å². The Morgan fingerprint density at radius 1 is 1.23 bits per heavy atom. The van der Waals surface area contributed by atoms with Gasteiger partial charge in [0.25, 0.3) is 17.6 Å². The summed E-state index contributed by atoms with van der Waals surface area (Å²) in [4.78, 5) is 26.1. The monoisotopic (exact) mass is 332 g/mol. The van der Waals surface area contributed by atoms with Gasteiger partial charge < -0.3 is 15.1 Å². The molecule has 1 atom stereocenters. The van der Waals surface area contributed by atoms with Gasteiger partial charge in [0.15, 0.2) is 13.1 Å².